The van der Waals surface area contributed by atoms with Crippen LogP contribution in [0, 0.1) is 11.6 Å². The number of hydrogen-bond acceptors (Lipinski definition) is 4. The molecule has 0 N–H and O–H groups in total. The molecular formula is C21H20F2N2O3. The maximum Gasteiger partial charge on any atom is 0.253 e. The first-order valence-corrected chi connectivity index (χ1v) is 9.04. The molecule has 2 heterocycles. The number of ether oxygens (including phenoxy) is 2. The summed E-state index contributed by atoms with van der Waals surface area (Å²) in [6, 6.07) is 5.44. The Morgan fingerprint density at radius 3 is 2.79 bits per heavy atom. The van der Waals surface area contributed by atoms with Crippen LogP contribution in [0.25, 0.3) is 0 Å². The fourth-order valence-electron chi connectivity index (χ4n) is 3.59. The standard InChI is InChI=1S/C21H20F2N2O3/c1-11-6-12-7-13(21(26)25(2)3)8-18(20(12)24-11)28-16-4-5-27-17-10-14(22)9-15(23)19(16)17/h7-10,16H,4-6H2,1-3H3. The number of amides is 1. The lowest BCUT2D eigenvalue weighted by Crippen LogP contribution is -2.23. The zero-order valence-corrected chi connectivity index (χ0v) is 15.9. The Kier molecular flexibility index (Phi) is 4.53. The van der Waals surface area contributed by atoms with Crippen molar-refractivity contribution in [2.45, 2.75) is 25.9 Å². The third kappa shape index (κ3) is 3.21. The molecule has 0 aliphatic carbocycles. The summed E-state index contributed by atoms with van der Waals surface area (Å²) in [6.07, 6.45) is 0.373. The van der Waals surface area contributed by atoms with Crippen LogP contribution in [0.4, 0.5) is 14.5 Å². The molecule has 1 unspecified atom stereocenters. The van der Waals surface area contributed by atoms with Gasteiger partial charge in [0.15, 0.2) is 0 Å². The minimum absolute atomic E-state index is 0.144. The Labute approximate surface area is 161 Å². The highest BCUT2D eigenvalue weighted by Crippen LogP contribution is 2.43. The Morgan fingerprint density at radius 1 is 1.25 bits per heavy atom. The van der Waals surface area contributed by atoms with Gasteiger partial charge in [0, 0.05) is 50.3 Å². The minimum Gasteiger partial charge on any atom is -0.493 e. The molecule has 28 heavy (non-hydrogen) atoms. The van der Waals surface area contributed by atoms with Gasteiger partial charge in [-0.25, -0.2) is 8.78 Å². The van der Waals surface area contributed by atoms with E-state index in [1.165, 1.54) is 4.90 Å². The molecule has 5 nitrogen and oxygen atoms in total. The van der Waals surface area contributed by atoms with Crippen molar-refractivity contribution < 1.29 is 23.0 Å². The van der Waals surface area contributed by atoms with Gasteiger partial charge in [0.1, 0.15) is 34.9 Å². The van der Waals surface area contributed by atoms with Crippen LogP contribution in [0.2, 0.25) is 0 Å². The predicted molar refractivity (Wildman–Crippen MR) is 101 cm³/mol. The molecule has 2 aromatic rings. The summed E-state index contributed by atoms with van der Waals surface area (Å²) >= 11 is 0. The van der Waals surface area contributed by atoms with Gasteiger partial charge in [-0.1, -0.05) is 0 Å². The van der Waals surface area contributed by atoms with E-state index >= 15 is 0 Å². The summed E-state index contributed by atoms with van der Waals surface area (Å²) < 4.78 is 39.5. The molecule has 4 rings (SSSR count). The van der Waals surface area contributed by atoms with Crippen LogP contribution < -0.4 is 9.47 Å². The summed E-state index contributed by atoms with van der Waals surface area (Å²) in [5.41, 5.74) is 3.13. The summed E-state index contributed by atoms with van der Waals surface area (Å²) in [5, 5.41) is 0. The average molecular weight is 386 g/mol. The van der Waals surface area contributed by atoms with Crippen molar-refractivity contribution in [3.8, 4) is 11.5 Å². The molecule has 0 radical (unpaired) electrons. The number of aliphatic imine (C=N–C) groups is 1. The second-order valence-electron chi connectivity index (χ2n) is 7.25. The quantitative estimate of drug-likeness (QED) is 0.794. The van der Waals surface area contributed by atoms with Crippen LogP contribution in [0.15, 0.2) is 29.3 Å². The van der Waals surface area contributed by atoms with Gasteiger partial charge in [0.05, 0.1) is 12.2 Å². The van der Waals surface area contributed by atoms with E-state index in [1.54, 1.807) is 20.2 Å². The first-order valence-electron chi connectivity index (χ1n) is 9.04. The highest BCUT2D eigenvalue weighted by atomic mass is 19.1. The smallest absolute Gasteiger partial charge is 0.253 e. The molecule has 7 heteroatoms. The van der Waals surface area contributed by atoms with E-state index < -0.39 is 17.7 Å². The molecule has 146 valence electrons. The normalized spacial score (nSPS) is 17.3. The van der Waals surface area contributed by atoms with Crippen LogP contribution >= 0.6 is 0 Å². The summed E-state index contributed by atoms with van der Waals surface area (Å²) in [5.74, 6) is -1.00. The van der Waals surface area contributed by atoms with Crippen LogP contribution in [0.1, 0.15) is 40.9 Å². The van der Waals surface area contributed by atoms with Crippen LogP contribution in [0.3, 0.4) is 0 Å². The van der Waals surface area contributed by atoms with Gasteiger partial charge >= 0.3 is 0 Å². The van der Waals surface area contributed by atoms with Crippen molar-refractivity contribution in [3.05, 3.63) is 52.6 Å². The van der Waals surface area contributed by atoms with Gasteiger partial charge < -0.3 is 14.4 Å². The lowest BCUT2D eigenvalue weighted by atomic mass is 10.0. The fourth-order valence-corrected chi connectivity index (χ4v) is 3.59. The van der Waals surface area contributed by atoms with Crippen molar-refractivity contribution in [2.75, 3.05) is 20.7 Å². The second-order valence-corrected chi connectivity index (χ2v) is 7.25. The highest BCUT2D eigenvalue weighted by Gasteiger charge is 2.30. The van der Waals surface area contributed by atoms with E-state index in [-0.39, 0.29) is 23.8 Å². The molecule has 2 aromatic carbocycles. The van der Waals surface area contributed by atoms with Crippen LogP contribution in [-0.4, -0.2) is 37.2 Å². The van der Waals surface area contributed by atoms with Crippen molar-refractivity contribution in [2.24, 2.45) is 4.99 Å². The van der Waals surface area contributed by atoms with E-state index in [9.17, 15) is 13.6 Å². The molecule has 0 saturated heterocycles. The number of nitrogens with zero attached hydrogens (tertiary/aromatic N) is 2. The van der Waals surface area contributed by atoms with Gasteiger partial charge in [-0.05, 0) is 24.6 Å². The van der Waals surface area contributed by atoms with E-state index in [4.69, 9.17) is 9.47 Å². The van der Waals surface area contributed by atoms with Crippen molar-refractivity contribution in [3.63, 3.8) is 0 Å². The highest BCUT2D eigenvalue weighted by molar-refractivity contribution is 5.99. The van der Waals surface area contributed by atoms with E-state index in [2.05, 4.69) is 4.99 Å². The van der Waals surface area contributed by atoms with Crippen LogP contribution in [-0.2, 0) is 6.42 Å². The number of hydrogen-bond donors (Lipinski definition) is 0. The zero-order valence-electron chi connectivity index (χ0n) is 15.9. The Morgan fingerprint density at radius 2 is 2.04 bits per heavy atom. The minimum atomic E-state index is -0.712. The van der Waals surface area contributed by atoms with Gasteiger partial charge in [-0.15, -0.1) is 0 Å². The summed E-state index contributed by atoms with van der Waals surface area (Å²) in [6.45, 7) is 2.19. The molecule has 0 saturated carbocycles. The molecule has 0 bridgehead atoms. The lowest BCUT2D eigenvalue weighted by Gasteiger charge is -2.27. The van der Waals surface area contributed by atoms with Gasteiger partial charge in [-0.3, -0.25) is 9.79 Å². The third-order valence-corrected chi connectivity index (χ3v) is 4.84. The van der Waals surface area contributed by atoms with Gasteiger partial charge in [-0.2, -0.15) is 0 Å². The number of carbonyl (C=O) groups excluding carboxylic acids is 1. The van der Waals surface area contributed by atoms with Crippen molar-refractivity contribution in [1.29, 1.82) is 0 Å². The number of carbonyl (C=O) groups is 1. The fraction of sp³-hybridized carbons (Fsp3) is 0.333. The van der Waals surface area contributed by atoms with Gasteiger partial charge in [0.25, 0.3) is 5.91 Å². The first-order chi connectivity index (χ1) is 13.3. The molecule has 2 aliphatic rings. The Bertz CT molecular complexity index is 1000. The molecule has 1 amide bonds. The molecule has 0 aromatic heterocycles. The monoisotopic (exact) mass is 386 g/mol. The summed E-state index contributed by atoms with van der Waals surface area (Å²) in [7, 11) is 3.35. The van der Waals surface area contributed by atoms with Gasteiger partial charge in [0.2, 0.25) is 0 Å². The largest absolute Gasteiger partial charge is 0.493 e. The van der Waals surface area contributed by atoms with Crippen molar-refractivity contribution in [1.82, 2.24) is 4.90 Å². The Hall–Kier alpha value is -2.96. The second kappa shape index (κ2) is 6.89. The predicted octanol–water partition coefficient (Wildman–Crippen LogP) is 4.22. The molecule has 2 aliphatic heterocycles. The molecule has 0 fully saturated rings. The average Bonchev–Trinajstić information content (AvgIpc) is 3.01. The van der Waals surface area contributed by atoms with Crippen molar-refractivity contribution >= 4 is 17.3 Å². The third-order valence-electron chi connectivity index (χ3n) is 4.84. The topological polar surface area (TPSA) is 51.1 Å². The SMILES string of the molecule is CC1=Nc2c(cc(C(=O)N(C)C)cc2OC2CCOc3cc(F)cc(F)c32)C1. The molecule has 1 atom stereocenters. The maximum atomic E-state index is 14.4. The number of fused-ring (bicyclic) bond motifs is 2. The number of halogens is 2. The zero-order chi connectivity index (χ0) is 20.0. The maximum absolute atomic E-state index is 14.4. The Balaban J connectivity index is 1.76. The summed E-state index contributed by atoms with van der Waals surface area (Å²) in [4.78, 5) is 18.5. The number of rotatable bonds is 3. The molecule has 0 spiro atoms. The number of benzene rings is 2. The van der Waals surface area contributed by atoms with E-state index in [0.29, 0.717) is 29.8 Å². The van der Waals surface area contributed by atoms with E-state index in [0.717, 1.165) is 23.4 Å². The first kappa shape index (κ1) is 18.4. The molecular weight excluding hydrogens is 366 g/mol. The van der Waals surface area contributed by atoms with Crippen LogP contribution in [0.5, 0.6) is 11.5 Å². The lowest BCUT2D eigenvalue weighted by molar-refractivity contribution is 0.0826. The van der Waals surface area contributed by atoms with E-state index in [1.807, 2.05) is 13.0 Å².